The number of benzene rings is 2. The first-order valence-corrected chi connectivity index (χ1v) is 10.8. The van der Waals surface area contributed by atoms with E-state index in [0.717, 1.165) is 56.3 Å². The van der Waals surface area contributed by atoms with Gasteiger partial charge in [-0.15, -0.1) is 0 Å². The molecule has 0 saturated heterocycles. The number of amides is 2. The first kappa shape index (κ1) is 19.0. The Bertz CT molecular complexity index is 960. The van der Waals surface area contributed by atoms with Gasteiger partial charge in [0, 0.05) is 17.3 Å². The number of carbonyl (C=O) groups excluding carboxylic acids is 2. The van der Waals surface area contributed by atoms with Crippen molar-refractivity contribution in [1.82, 2.24) is 5.32 Å². The van der Waals surface area contributed by atoms with Crippen molar-refractivity contribution >= 4 is 17.5 Å². The molecule has 0 bridgehead atoms. The van der Waals surface area contributed by atoms with E-state index >= 15 is 0 Å². The van der Waals surface area contributed by atoms with Crippen molar-refractivity contribution in [1.29, 1.82) is 0 Å². The molecule has 1 heterocycles. The predicted molar refractivity (Wildman–Crippen MR) is 113 cm³/mol. The van der Waals surface area contributed by atoms with E-state index in [4.69, 9.17) is 9.47 Å². The zero-order valence-electron chi connectivity index (χ0n) is 16.9. The van der Waals surface area contributed by atoms with Gasteiger partial charge in [0.05, 0.1) is 5.41 Å². The first-order valence-electron chi connectivity index (χ1n) is 10.8. The van der Waals surface area contributed by atoms with E-state index in [1.807, 2.05) is 18.2 Å². The van der Waals surface area contributed by atoms with E-state index in [9.17, 15) is 9.59 Å². The van der Waals surface area contributed by atoms with Crippen molar-refractivity contribution < 1.29 is 19.1 Å². The third-order valence-electron chi connectivity index (χ3n) is 6.38. The van der Waals surface area contributed by atoms with Crippen molar-refractivity contribution in [2.24, 2.45) is 0 Å². The summed E-state index contributed by atoms with van der Waals surface area (Å²) < 4.78 is 11.0. The molecule has 2 aromatic carbocycles. The number of hydrogen-bond donors (Lipinski definition) is 2. The minimum atomic E-state index is -0.582. The van der Waals surface area contributed by atoms with Crippen molar-refractivity contribution in [2.45, 2.75) is 56.4 Å². The lowest BCUT2D eigenvalue weighted by Gasteiger charge is -2.36. The fourth-order valence-electron chi connectivity index (χ4n) is 4.45. The summed E-state index contributed by atoms with van der Waals surface area (Å²) >= 11 is 0. The summed E-state index contributed by atoms with van der Waals surface area (Å²) in [7, 11) is 0. The van der Waals surface area contributed by atoms with E-state index in [1.54, 1.807) is 24.3 Å². The van der Waals surface area contributed by atoms with Crippen LogP contribution in [0.5, 0.6) is 11.5 Å². The highest BCUT2D eigenvalue weighted by Crippen LogP contribution is 2.44. The molecule has 3 aliphatic rings. The highest BCUT2D eigenvalue weighted by molar-refractivity contribution is 6.00. The number of ether oxygens (including phenoxy) is 2. The van der Waals surface area contributed by atoms with Gasteiger partial charge in [-0.25, -0.2) is 0 Å². The molecule has 2 N–H and O–H groups in total. The van der Waals surface area contributed by atoms with Crippen LogP contribution in [0, 0.1) is 0 Å². The second-order valence-corrected chi connectivity index (χ2v) is 8.49. The van der Waals surface area contributed by atoms with E-state index in [-0.39, 0.29) is 18.6 Å². The highest BCUT2D eigenvalue weighted by Gasteiger charge is 2.42. The molecule has 6 heteroatoms. The van der Waals surface area contributed by atoms with E-state index in [0.29, 0.717) is 23.0 Å². The van der Waals surface area contributed by atoms with Crippen molar-refractivity contribution in [2.75, 3.05) is 12.1 Å². The molecule has 2 amide bonds. The van der Waals surface area contributed by atoms with Gasteiger partial charge in [0.2, 0.25) is 12.7 Å². The highest BCUT2D eigenvalue weighted by atomic mass is 16.7. The summed E-state index contributed by atoms with van der Waals surface area (Å²) in [5.74, 6) is 1.37. The topological polar surface area (TPSA) is 76.7 Å². The number of rotatable bonds is 5. The molecule has 0 radical (unpaired) electrons. The van der Waals surface area contributed by atoms with Crippen LogP contribution in [0.15, 0.2) is 42.5 Å². The van der Waals surface area contributed by atoms with Gasteiger partial charge in [0.15, 0.2) is 11.5 Å². The molecular weight excluding hydrogens is 380 g/mol. The van der Waals surface area contributed by atoms with Crippen LogP contribution in [0.1, 0.15) is 60.9 Å². The number of nitrogens with one attached hydrogen (secondary N) is 2. The average Bonchev–Trinajstić information content (AvgIpc) is 3.47. The normalized spacial score (nSPS) is 19.2. The molecule has 0 unspecified atom stereocenters. The first-order chi connectivity index (χ1) is 14.6. The zero-order valence-corrected chi connectivity index (χ0v) is 16.9. The molecule has 5 rings (SSSR count). The summed E-state index contributed by atoms with van der Waals surface area (Å²) in [6.07, 6.45) is 6.90. The molecular formula is C24H26N2O4. The molecule has 2 saturated carbocycles. The summed E-state index contributed by atoms with van der Waals surface area (Å²) in [5, 5.41) is 6.08. The molecule has 6 nitrogen and oxygen atoms in total. The molecule has 30 heavy (non-hydrogen) atoms. The predicted octanol–water partition coefficient (Wildman–Crippen LogP) is 4.15. The lowest BCUT2D eigenvalue weighted by molar-refractivity contribution is -0.122. The third kappa shape index (κ3) is 3.62. The van der Waals surface area contributed by atoms with Gasteiger partial charge in [0.25, 0.3) is 5.91 Å². The Morgan fingerprint density at radius 1 is 0.900 bits per heavy atom. The number of hydrogen-bond acceptors (Lipinski definition) is 4. The van der Waals surface area contributed by atoms with Gasteiger partial charge in [-0.1, -0.05) is 25.3 Å². The van der Waals surface area contributed by atoms with Crippen LogP contribution in [0.25, 0.3) is 0 Å². The Hall–Kier alpha value is -3.02. The van der Waals surface area contributed by atoms with Gasteiger partial charge >= 0.3 is 0 Å². The maximum absolute atomic E-state index is 13.5. The standard InChI is InChI=1S/C24H26N2O4/c27-22(25-18-9-10-18)16-4-7-19(8-5-16)26-23(28)24(12-2-1-3-13-24)17-6-11-20-21(14-17)30-15-29-20/h4-8,11,14,18H,1-3,9-10,12-13,15H2,(H,25,27)(H,26,28). The minimum Gasteiger partial charge on any atom is -0.454 e. The Morgan fingerprint density at radius 3 is 2.37 bits per heavy atom. The monoisotopic (exact) mass is 406 g/mol. The molecule has 156 valence electrons. The number of anilines is 1. The minimum absolute atomic E-state index is 0.00347. The molecule has 0 atom stereocenters. The maximum Gasteiger partial charge on any atom is 0.251 e. The lowest BCUT2D eigenvalue weighted by Crippen LogP contribution is -2.42. The molecule has 1 aliphatic heterocycles. The average molecular weight is 406 g/mol. The van der Waals surface area contributed by atoms with Gasteiger partial charge in [-0.2, -0.15) is 0 Å². The SMILES string of the molecule is O=C(NC1CC1)c1ccc(NC(=O)C2(c3ccc4c(c3)OCO4)CCCCC2)cc1. The Balaban J connectivity index is 1.36. The van der Waals surface area contributed by atoms with Crippen LogP contribution < -0.4 is 20.1 Å². The second-order valence-electron chi connectivity index (χ2n) is 8.49. The van der Waals surface area contributed by atoms with Crippen LogP contribution in [0.4, 0.5) is 5.69 Å². The largest absolute Gasteiger partial charge is 0.454 e. The molecule has 2 fully saturated rings. The van der Waals surface area contributed by atoms with Crippen LogP contribution in [-0.4, -0.2) is 24.6 Å². The van der Waals surface area contributed by atoms with Crippen LogP contribution in [0.2, 0.25) is 0 Å². The smallest absolute Gasteiger partial charge is 0.251 e. The van der Waals surface area contributed by atoms with Crippen LogP contribution in [0.3, 0.4) is 0 Å². The molecule has 0 aromatic heterocycles. The molecule has 2 aromatic rings. The Labute approximate surface area is 176 Å². The molecule has 2 aliphatic carbocycles. The van der Waals surface area contributed by atoms with Crippen molar-refractivity contribution in [3.63, 3.8) is 0 Å². The van der Waals surface area contributed by atoms with Gasteiger partial charge in [-0.05, 0) is 67.6 Å². The summed E-state index contributed by atoms with van der Waals surface area (Å²) in [6, 6.07) is 13.3. The zero-order chi connectivity index (χ0) is 20.6. The summed E-state index contributed by atoms with van der Waals surface area (Å²) in [5.41, 5.74) is 1.71. The van der Waals surface area contributed by atoms with Crippen molar-refractivity contribution in [3.8, 4) is 11.5 Å². The van der Waals surface area contributed by atoms with Crippen molar-refractivity contribution in [3.05, 3.63) is 53.6 Å². The maximum atomic E-state index is 13.5. The lowest BCUT2D eigenvalue weighted by atomic mass is 9.68. The third-order valence-corrected chi connectivity index (χ3v) is 6.38. The van der Waals surface area contributed by atoms with Gasteiger partial charge < -0.3 is 20.1 Å². The quantitative estimate of drug-likeness (QED) is 0.782. The van der Waals surface area contributed by atoms with E-state index in [1.165, 1.54) is 0 Å². The van der Waals surface area contributed by atoms with E-state index in [2.05, 4.69) is 10.6 Å². The van der Waals surface area contributed by atoms with Crippen LogP contribution in [-0.2, 0) is 10.2 Å². The second kappa shape index (κ2) is 7.67. The van der Waals surface area contributed by atoms with Gasteiger partial charge in [0.1, 0.15) is 0 Å². The summed E-state index contributed by atoms with van der Waals surface area (Å²) in [4.78, 5) is 25.7. The fourth-order valence-corrected chi connectivity index (χ4v) is 4.45. The Kier molecular flexibility index (Phi) is 4.85. The Morgan fingerprint density at radius 2 is 1.63 bits per heavy atom. The number of fused-ring (bicyclic) bond motifs is 1. The fraction of sp³-hybridized carbons (Fsp3) is 0.417. The van der Waals surface area contributed by atoms with E-state index < -0.39 is 5.41 Å². The summed E-state index contributed by atoms with van der Waals surface area (Å²) in [6.45, 7) is 0.221. The molecule has 0 spiro atoms. The van der Waals surface area contributed by atoms with Crippen LogP contribution >= 0.6 is 0 Å². The van der Waals surface area contributed by atoms with Gasteiger partial charge in [-0.3, -0.25) is 9.59 Å². The number of carbonyl (C=O) groups is 2.